The van der Waals surface area contributed by atoms with Crippen LogP contribution < -0.4 is 0 Å². The summed E-state index contributed by atoms with van der Waals surface area (Å²) in [6, 6.07) is 7.61. The largest absolute Gasteiger partial charge is 0.478 e. The Hall–Kier alpha value is -0.990. The van der Waals surface area contributed by atoms with Crippen LogP contribution in [0.5, 0.6) is 0 Å². The van der Waals surface area contributed by atoms with Crippen molar-refractivity contribution >= 4 is 33.7 Å². The molecule has 1 N–H and O–H groups in total. The van der Waals surface area contributed by atoms with Gasteiger partial charge in [-0.15, -0.1) is 11.8 Å². The van der Waals surface area contributed by atoms with Gasteiger partial charge < -0.3 is 5.11 Å². The number of carbonyl (C=O) groups is 1. The number of aromatic carboxylic acids is 1. The summed E-state index contributed by atoms with van der Waals surface area (Å²) in [6.45, 7) is 3.86. The highest BCUT2D eigenvalue weighted by Crippen LogP contribution is 2.27. The van der Waals surface area contributed by atoms with Crippen LogP contribution >= 0.6 is 27.7 Å². The van der Waals surface area contributed by atoms with E-state index in [0.29, 0.717) is 4.47 Å². The van der Waals surface area contributed by atoms with Gasteiger partial charge in [-0.25, -0.2) is 4.79 Å². The van der Waals surface area contributed by atoms with E-state index in [-0.39, 0.29) is 11.0 Å². The maximum Gasteiger partial charge on any atom is 0.336 e. The highest BCUT2D eigenvalue weighted by molar-refractivity contribution is 9.10. The third-order valence-corrected chi connectivity index (χ3v) is 4.46. The fourth-order valence-corrected chi connectivity index (χ4v) is 2.82. The Morgan fingerprint density at radius 1 is 1.53 bits per heavy atom. The Balaban J connectivity index is 2.53. The van der Waals surface area contributed by atoms with Crippen molar-refractivity contribution in [2.75, 3.05) is 5.75 Å². The zero-order valence-electron chi connectivity index (χ0n) is 10.9. The van der Waals surface area contributed by atoms with Crippen molar-refractivity contribution in [3.63, 3.8) is 0 Å². The van der Waals surface area contributed by atoms with Crippen LogP contribution in [0, 0.1) is 16.7 Å². The first-order valence-electron chi connectivity index (χ1n) is 5.92. The van der Waals surface area contributed by atoms with Crippen molar-refractivity contribution in [2.24, 2.45) is 5.41 Å². The molecule has 1 rings (SSSR count). The predicted molar refractivity (Wildman–Crippen MR) is 80.5 cm³/mol. The molecule has 19 heavy (non-hydrogen) atoms. The maximum absolute atomic E-state index is 11.0. The molecular formula is C14H16BrNO2S. The smallest absolute Gasteiger partial charge is 0.336 e. The molecule has 0 heterocycles. The minimum atomic E-state index is -0.931. The molecular weight excluding hydrogens is 326 g/mol. The first kappa shape index (κ1) is 16.1. The molecule has 3 nitrogen and oxygen atoms in total. The zero-order valence-corrected chi connectivity index (χ0v) is 13.3. The fourth-order valence-electron chi connectivity index (χ4n) is 1.52. The van der Waals surface area contributed by atoms with Crippen molar-refractivity contribution in [1.29, 1.82) is 5.26 Å². The molecule has 102 valence electrons. The number of thioether (sulfide) groups is 1. The van der Waals surface area contributed by atoms with Gasteiger partial charge in [0.2, 0.25) is 0 Å². The van der Waals surface area contributed by atoms with E-state index in [9.17, 15) is 4.79 Å². The topological polar surface area (TPSA) is 61.1 Å². The predicted octanol–water partition coefficient (Wildman–Crippen LogP) is 4.57. The third kappa shape index (κ3) is 5.25. The molecule has 5 heteroatoms. The number of hydrogen-bond acceptors (Lipinski definition) is 3. The van der Waals surface area contributed by atoms with E-state index in [1.165, 1.54) is 0 Å². The van der Waals surface area contributed by atoms with Gasteiger partial charge >= 0.3 is 5.97 Å². The molecule has 0 atom stereocenters. The van der Waals surface area contributed by atoms with Gasteiger partial charge in [0.05, 0.1) is 17.0 Å². The SMILES string of the molecule is CC(C)(C#N)CCCSc1ccc(Br)c(C(=O)O)c1. The second-order valence-corrected chi connectivity index (χ2v) is 6.92. The Labute approximate surface area is 126 Å². The summed E-state index contributed by atoms with van der Waals surface area (Å²) in [5.74, 6) is -0.0499. The van der Waals surface area contributed by atoms with Crippen molar-refractivity contribution in [3.05, 3.63) is 28.2 Å². The summed E-state index contributed by atoms with van der Waals surface area (Å²) in [4.78, 5) is 11.9. The summed E-state index contributed by atoms with van der Waals surface area (Å²) in [7, 11) is 0. The van der Waals surface area contributed by atoms with E-state index in [1.807, 2.05) is 19.9 Å². The van der Waals surface area contributed by atoms with Gasteiger partial charge in [-0.2, -0.15) is 5.26 Å². The molecule has 0 saturated heterocycles. The van der Waals surface area contributed by atoms with Crippen LogP contribution in [0.3, 0.4) is 0 Å². The first-order valence-corrected chi connectivity index (χ1v) is 7.70. The van der Waals surface area contributed by atoms with E-state index >= 15 is 0 Å². The molecule has 0 bridgehead atoms. The highest BCUT2D eigenvalue weighted by Gasteiger charge is 2.15. The number of carboxylic acids is 1. The van der Waals surface area contributed by atoms with Gasteiger partial charge in [0.1, 0.15) is 0 Å². The quantitative estimate of drug-likeness (QED) is 0.608. The normalized spacial score (nSPS) is 11.1. The minimum Gasteiger partial charge on any atom is -0.478 e. The van der Waals surface area contributed by atoms with E-state index in [2.05, 4.69) is 22.0 Å². The average Bonchev–Trinajstić information content (AvgIpc) is 2.36. The van der Waals surface area contributed by atoms with Crippen molar-refractivity contribution in [1.82, 2.24) is 0 Å². The molecule has 0 amide bonds. The number of halogens is 1. The number of rotatable bonds is 6. The minimum absolute atomic E-state index is 0.280. The molecule has 0 radical (unpaired) electrons. The van der Waals surface area contributed by atoms with Gasteiger partial charge in [0.25, 0.3) is 0 Å². The molecule has 0 fully saturated rings. The van der Waals surface area contributed by atoms with Crippen LogP contribution in [-0.4, -0.2) is 16.8 Å². The fraction of sp³-hybridized carbons (Fsp3) is 0.429. The van der Waals surface area contributed by atoms with Crippen LogP contribution in [0.15, 0.2) is 27.6 Å². The van der Waals surface area contributed by atoms with Crippen LogP contribution in [0.2, 0.25) is 0 Å². The molecule has 0 spiro atoms. The summed E-state index contributed by atoms with van der Waals surface area (Å²) in [6.07, 6.45) is 1.78. The lowest BCUT2D eigenvalue weighted by atomic mass is 9.90. The summed E-state index contributed by atoms with van der Waals surface area (Å²) < 4.78 is 0.593. The van der Waals surface area contributed by atoms with Gasteiger partial charge in [-0.1, -0.05) is 0 Å². The van der Waals surface area contributed by atoms with Crippen LogP contribution in [0.4, 0.5) is 0 Å². The van der Waals surface area contributed by atoms with Gasteiger partial charge in [-0.05, 0) is 66.6 Å². The maximum atomic E-state index is 11.0. The number of hydrogen-bond donors (Lipinski definition) is 1. The van der Waals surface area contributed by atoms with E-state index in [0.717, 1.165) is 23.5 Å². The summed E-state index contributed by atoms with van der Waals surface area (Å²) in [5.41, 5.74) is -0.00526. The average molecular weight is 342 g/mol. The summed E-state index contributed by atoms with van der Waals surface area (Å²) in [5, 5.41) is 17.9. The lowest BCUT2D eigenvalue weighted by Gasteiger charge is -2.14. The monoisotopic (exact) mass is 341 g/mol. The third-order valence-electron chi connectivity index (χ3n) is 2.69. The van der Waals surface area contributed by atoms with Gasteiger partial charge in [-0.3, -0.25) is 0 Å². The first-order chi connectivity index (χ1) is 8.85. The lowest BCUT2D eigenvalue weighted by Crippen LogP contribution is -2.07. The molecule has 0 unspecified atom stereocenters. The van der Waals surface area contributed by atoms with Gasteiger partial charge in [0, 0.05) is 9.37 Å². The summed E-state index contributed by atoms with van der Waals surface area (Å²) >= 11 is 4.84. The molecule has 0 aliphatic carbocycles. The molecule has 0 aliphatic rings. The number of nitriles is 1. The second-order valence-electron chi connectivity index (χ2n) is 4.89. The lowest BCUT2D eigenvalue weighted by molar-refractivity contribution is 0.0695. The molecule has 0 aliphatic heterocycles. The van der Waals surface area contributed by atoms with E-state index in [4.69, 9.17) is 10.4 Å². The molecule has 1 aromatic carbocycles. The van der Waals surface area contributed by atoms with Crippen molar-refractivity contribution in [2.45, 2.75) is 31.6 Å². The van der Waals surface area contributed by atoms with Gasteiger partial charge in [0.15, 0.2) is 0 Å². The van der Waals surface area contributed by atoms with Crippen LogP contribution in [0.1, 0.15) is 37.0 Å². The molecule has 1 aromatic rings. The Kier molecular flexibility index (Phi) is 5.89. The molecule has 0 saturated carbocycles. The zero-order chi connectivity index (χ0) is 14.5. The second kappa shape index (κ2) is 6.97. The van der Waals surface area contributed by atoms with Crippen molar-refractivity contribution in [3.8, 4) is 6.07 Å². The number of carboxylic acid groups (broad SMARTS) is 1. The van der Waals surface area contributed by atoms with Crippen LogP contribution in [-0.2, 0) is 0 Å². The van der Waals surface area contributed by atoms with Crippen LogP contribution in [0.25, 0.3) is 0 Å². The number of nitrogens with zero attached hydrogens (tertiary/aromatic N) is 1. The Morgan fingerprint density at radius 3 is 2.79 bits per heavy atom. The molecule has 0 aromatic heterocycles. The Morgan fingerprint density at radius 2 is 2.21 bits per heavy atom. The van der Waals surface area contributed by atoms with E-state index in [1.54, 1.807) is 23.9 Å². The van der Waals surface area contributed by atoms with E-state index < -0.39 is 5.97 Å². The Bertz CT molecular complexity index is 509. The van der Waals surface area contributed by atoms with Crippen molar-refractivity contribution < 1.29 is 9.90 Å². The standard InChI is InChI=1S/C14H16BrNO2S/c1-14(2,9-16)6-3-7-19-10-4-5-12(15)11(8-10)13(17)18/h4-5,8H,3,6-7H2,1-2H3,(H,17,18). The highest BCUT2D eigenvalue weighted by atomic mass is 79.9. The number of benzene rings is 1.